The summed E-state index contributed by atoms with van der Waals surface area (Å²) in [7, 11) is 1.46. The third-order valence-corrected chi connectivity index (χ3v) is 3.09. The van der Waals surface area contributed by atoms with Crippen molar-refractivity contribution < 1.29 is 19.7 Å². The Kier molecular flexibility index (Phi) is 4.50. The topological polar surface area (TPSA) is 66.8 Å². The van der Waals surface area contributed by atoms with E-state index >= 15 is 0 Å². The zero-order chi connectivity index (χ0) is 15.4. The Bertz CT molecular complexity index is 707. The van der Waals surface area contributed by atoms with Gasteiger partial charge in [0.15, 0.2) is 17.3 Å². The Hall–Kier alpha value is -2.46. The molecule has 0 saturated heterocycles. The van der Waals surface area contributed by atoms with Gasteiger partial charge >= 0.3 is 0 Å². The summed E-state index contributed by atoms with van der Waals surface area (Å²) in [4.78, 5) is 12.1. The van der Waals surface area contributed by atoms with Crippen molar-refractivity contribution in [3.8, 4) is 17.2 Å². The van der Waals surface area contributed by atoms with E-state index in [4.69, 9.17) is 16.3 Å². The molecule has 108 valence electrons. The number of carbonyl (C=O) groups excluding carboxylic acids is 1. The van der Waals surface area contributed by atoms with Crippen LogP contribution in [0.25, 0.3) is 6.08 Å². The molecule has 0 fully saturated rings. The first-order valence-corrected chi connectivity index (χ1v) is 6.47. The number of benzene rings is 2. The lowest BCUT2D eigenvalue weighted by Gasteiger charge is -2.05. The Morgan fingerprint density at radius 1 is 1.14 bits per heavy atom. The summed E-state index contributed by atoms with van der Waals surface area (Å²) in [5.74, 6) is -0.312. The lowest BCUT2D eigenvalue weighted by atomic mass is 10.1. The minimum Gasteiger partial charge on any atom is -0.504 e. The smallest absolute Gasteiger partial charge is 0.189 e. The molecule has 0 heterocycles. The van der Waals surface area contributed by atoms with Crippen LogP contribution in [-0.2, 0) is 0 Å². The second-order valence-corrected chi connectivity index (χ2v) is 4.73. The molecule has 0 spiro atoms. The summed E-state index contributed by atoms with van der Waals surface area (Å²) < 4.78 is 5.12. The van der Waals surface area contributed by atoms with Crippen LogP contribution in [0, 0.1) is 0 Å². The standard InChI is InChI=1S/C16H13ClO4/c1-21-16-9-11(17)4-5-12(16)13(18)6-2-10-3-7-14(19)15(20)8-10/h2-9,19-20H,1H3/b6-2+. The molecule has 2 rings (SSSR count). The number of carbonyl (C=O) groups is 1. The molecular formula is C16H13ClO4. The number of hydrogen-bond acceptors (Lipinski definition) is 4. The molecule has 5 heteroatoms. The number of ketones is 1. The number of phenols is 2. The van der Waals surface area contributed by atoms with Gasteiger partial charge in [0.1, 0.15) is 5.75 Å². The van der Waals surface area contributed by atoms with E-state index in [1.165, 1.54) is 31.4 Å². The van der Waals surface area contributed by atoms with Crippen LogP contribution in [0.3, 0.4) is 0 Å². The predicted octanol–water partition coefficient (Wildman–Crippen LogP) is 3.66. The largest absolute Gasteiger partial charge is 0.504 e. The molecule has 0 amide bonds. The normalized spacial score (nSPS) is 10.8. The molecule has 0 aliphatic heterocycles. The summed E-state index contributed by atoms with van der Waals surface area (Å²) in [6.07, 6.45) is 2.90. The van der Waals surface area contributed by atoms with Gasteiger partial charge in [-0.05, 0) is 42.0 Å². The Balaban J connectivity index is 2.25. The van der Waals surface area contributed by atoms with Crippen molar-refractivity contribution in [1.29, 1.82) is 0 Å². The number of ether oxygens (including phenoxy) is 1. The number of allylic oxidation sites excluding steroid dienone is 1. The zero-order valence-electron chi connectivity index (χ0n) is 11.2. The lowest BCUT2D eigenvalue weighted by Crippen LogP contribution is -1.98. The molecule has 2 aromatic carbocycles. The van der Waals surface area contributed by atoms with E-state index < -0.39 is 0 Å². The van der Waals surface area contributed by atoms with Crippen LogP contribution in [-0.4, -0.2) is 23.1 Å². The second-order valence-electron chi connectivity index (χ2n) is 4.29. The summed E-state index contributed by atoms with van der Waals surface area (Å²) in [5, 5.41) is 19.1. The number of rotatable bonds is 4. The monoisotopic (exact) mass is 304 g/mol. The molecule has 0 aromatic heterocycles. The first-order valence-electron chi connectivity index (χ1n) is 6.09. The number of halogens is 1. The van der Waals surface area contributed by atoms with E-state index in [-0.39, 0.29) is 17.3 Å². The van der Waals surface area contributed by atoms with Crippen molar-refractivity contribution in [2.75, 3.05) is 7.11 Å². The van der Waals surface area contributed by atoms with Crippen LogP contribution in [0.4, 0.5) is 0 Å². The van der Waals surface area contributed by atoms with Gasteiger partial charge in [-0.1, -0.05) is 23.7 Å². The Morgan fingerprint density at radius 2 is 1.90 bits per heavy atom. The average molecular weight is 305 g/mol. The maximum absolute atomic E-state index is 12.1. The van der Waals surface area contributed by atoms with E-state index in [0.717, 1.165) is 0 Å². The quantitative estimate of drug-likeness (QED) is 0.514. The van der Waals surface area contributed by atoms with E-state index in [0.29, 0.717) is 21.9 Å². The first kappa shape index (κ1) is 14.9. The van der Waals surface area contributed by atoms with Crippen LogP contribution in [0.1, 0.15) is 15.9 Å². The molecule has 2 N–H and O–H groups in total. The molecule has 0 atom stereocenters. The molecule has 21 heavy (non-hydrogen) atoms. The maximum Gasteiger partial charge on any atom is 0.189 e. The molecular weight excluding hydrogens is 292 g/mol. The molecule has 0 aliphatic carbocycles. The summed E-state index contributed by atoms with van der Waals surface area (Å²) >= 11 is 5.84. The molecule has 0 saturated carbocycles. The van der Waals surface area contributed by atoms with Gasteiger partial charge in [0, 0.05) is 5.02 Å². The van der Waals surface area contributed by atoms with Gasteiger partial charge in [-0.2, -0.15) is 0 Å². The van der Waals surface area contributed by atoms with Crippen molar-refractivity contribution in [3.05, 3.63) is 58.6 Å². The minimum absolute atomic E-state index is 0.210. The highest BCUT2D eigenvalue weighted by atomic mass is 35.5. The number of aromatic hydroxyl groups is 2. The minimum atomic E-state index is -0.254. The highest BCUT2D eigenvalue weighted by Gasteiger charge is 2.10. The van der Waals surface area contributed by atoms with Crippen molar-refractivity contribution >= 4 is 23.5 Å². The Labute approximate surface area is 126 Å². The van der Waals surface area contributed by atoms with Crippen LogP contribution < -0.4 is 4.74 Å². The van der Waals surface area contributed by atoms with Gasteiger partial charge in [0.25, 0.3) is 0 Å². The van der Waals surface area contributed by atoms with Crippen LogP contribution >= 0.6 is 11.6 Å². The SMILES string of the molecule is COc1cc(Cl)ccc1C(=O)/C=C/c1ccc(O)c(O)c1. The molecule has 0 radical (unpaired) electrons. The number of methoxy groups -OCH3 is 1. The van der Waals surface area contributed by atoms with Crippen LogP contribution in [0.15, 0.2) is 42.5 Å². The van der Waals surface area contributed by atoms with Gasteiger partial charge in [0.2, 0.25) is 0 Å². The zero-order valence-corrected chi connectivity index (χ0v) is 12.0. The van der Waals surface area contributed by atoms with E-state index in [1.807, 2.05) is 0 Å². The van der Waals surface area contributed by atoms with Crippen molar-refractivity contribution in [2.24, 2.45) is 0 Å². The molecule has 0 unspecified atom stereocenters. The van der Waals surface area contributed by atoms with Gasteiger partial charge in [-0.25, -0.2) is 0 Å². The van der Waals surface area contributed by atoms with Gasteiger partial charge in [-0.15, -0.1) is 0 Å². The number of hydrogen-bond donors (Lipinski definition) is 2. The number of phenolic OH excluding ortho intramolecular Hbond substituents is 2. The van der Waals surface area contributed by atoms with Gasteiger partial charge in [0.05, 0.1) is 12.7 Å². The highest BCUT2D eigenvalue weighted by molar-refractivity contribution is 6.31. The fourth-order valence-corrected chi connectivity index (χ4v) is 1.94. The lowest BCUT2D eigenvalue weighted by molar-refractivity contribution is 0.104. The van der Waals surface area contributed by atoms with E-state index in [1.54, 1.807) is 24.3 Å². The maximum atomic E-state index is 12.1. The van der Waals surface area contributed by atoms with Crippen molar-refractivity contribution in [1.82, 2.24) is 0 Å². The second kappa shape index (κ2) is 6.33. The summed E-state index contributed by atoms with van der Waals surface area (Å²) in [5.41, 5.74) is 0.979. The molecule has 2 aromatic rings. The van der Waals surface area contributed by atoms with Crippen LogP contribution in [0.5, 0.6) is 17.2 Å². The third-order valence-electron chi connectivity index (χ3n) is 2.86. The van der Waals surface area contributed by atoms with Gasteiger partial charge in [-0.3, -0.25) is 4.79 Å². The highest BCUT2D eigenvalue weighted by Crippen LogP contribution is 2.26. The van der Waals surface area contributed by atoms with E-state index in [2.05, 4.69) is 0 Å². The van der Waals surface area contributed by atoms with Crippen molar-refractivity contribution in [3.63, 3.8) is 0 Å². The fourth-order valence-electron chi connectivity index (χ4n) is 1.77. The molecule has 0 bridgehead atoms. The van der Waals surface area contributed by atoms with Crippen molar-refractivity contribution in [2.45, 2.75) is 0 Å². The van der Waals surface area contributed by atoms with Crippen LogP contribution in [0.2, 0.25) is 5.02 Å². The van der Waals surface area contributed by atoms with E-state index in [9.17, 15) is 15.0 Å². The Morgan fingerprint density at radius 3 is 2.57 bits per heavy atom. The summed E-state index contributed by atoms with van der Waals surface area (Å²) in [6, 6.07) is 9.05. The fraction of sp³-hybridized carbons (Fsp3) is 0.0625. The average Bonchev–Trinajstić information content (AvgIpc) is 2.48. The predicted molar refractivity (Wildman–Crippen MR) is 81.1 cm³/mol. The molecule has 4 nitrogen and oxygen atoms in total. The molecule has 0 aliphatic rings. The van der Waals surface area contributed by atoms with Gasteiger partial charge < -0.3 is 14.9 Å². The summed E-state index contributed by atoms with van der Waals surface area (Å²) in [6.45, 7) is 0. The third kappa shape index (κ3) is 3.55. The first-order chi connectivity index (χ1) is 10.0.